The Labute approximate surface area is 93.8 Å². The van der Waals surface area contributed by atoms with Crippen molar-refractivity contribution in [3.05, 3.63) is 0 Å². The Balaban J connectivity index is 1.56. The monoisotopic (exact) mass is 207 g/mol. The standard InChI is InChI=1S/C14H25N/c15-14-4-2-1-3-12(14)9-13-8-10-5-6-11(13)7-10/h10-14H,1-9,15H2. The highest BCUT2D eigenvalue weighted by molar-refractivity contribution is 4.92. The van der Waals surface area contributed by atoms with Crippen molar-refractivity contribution >= 4 is 0 Å². The van der Waals surface area contributed by atoms with E-state index in [1.807, 2.05) is 0 Å². The van der Waals surface area contributed by atoms with Crippen LogP contribution in [-0.2, 0) is 0 Å². The smallest absolute Gasteiger partial charge is 0.00672 e. The second-order valence-corrected chi connectivity index (χ2v) is 6.38. The number of nitrogens with two attached hydrogens (primary N) is 1. The third-order valence-electron chi connectivity index (χ3n) is 5.46. The zero-order chi connectivity index (χ0) is 10.3. The Morgan fingerprint density at radius 2 is 1.73 bits per heavy atom. The van der Waals surface area contributed by atoms with Gasteiger partial charge in [0.25, 0.3) is 0 Å². The largest absolute Gasteiger partial charge is 0.327 e. The first-order valence-electron chi connectivity index (χ1n) is 7.08. The molecule has 2 N–H and O–H groups in total. The first-order valence-corrected chi connectivity index (χ1v) is 7.08. The van der Waals surface area contributed by atoms with E-state index in [2.05, 4.69) is 0 Å². The fraction of sp³-hybridized carbons (Fsp3) is 1.00. The van der Waals surface area contributed by atoms with Crippen molar-refractivity contribution < 1.29 is 0 Å². The van der Waals surface area contributed by atoms with Crippen LogP contribution in [0.2, 0.25) is 0 Å². The average Bonchev–Trinajstić information content (AvgIpc) is 2.83. The van der Waals surface area contributed by atoms with Gasteiger partial charge < -0.3 is 5.73 Å². The minimum atomic E-state index is 0.540. The van der Waals surface area contributed by atoms with Crippen LogP contribution >= 0.6 is 0 Å². The van der Waals surface area contributed by atoms with Gasteiger partial charge in [-0.1, -0.05) is 19.3 Å². The van der Waals surface area contributed by atoms with Gasteiger partial charge in [0.05, 0.1) is 0 Å². The molecule has 0 aromatic rings. The van der Waals surface area contributed by atoms with Crippen molar-refractivity contribution in [2.75, 3.05) is 0 Å². The molecule has 0 spiro atoms. The van der Waals surface area contributed by atoms with E-state index >= 15 is 0 Å². The number of rotatable bonds is 2. The fourth-order valence-electron chi connectivity index (χ4n) is 4.58. The second-order valence-electron chi connectivity index (χ2n) is 6.38. The molecule has 0 aliphatic heterocycles. The molecule has 3 saturated carbocycles. The molecule has 5 unspecified atom stereocenters. The lowest BCUT2D eigenvalue weighted by molar-refractivity contribution is 0.209. The SMILES string of the molecule is NC1CCCCC1CC1CC2CCC1C2. The van der Waals surface area contributed by atoms with Gasteiger partial charge in [-0.15, -0.1) is 0 Å². The Morgan fingerprint density at radius 3 is 2.40 bits per heavy atom. The molecule has 5 atom stereocenters. The van der Waals surface area contributed by atoms with Gasteiger partial charge in [-0.3, -0.25) is 0 Å². The van der Waals surface area contributed by atoms with Crippen LogP contribution < -0.4 is 5.73 Å². The lowest BCUT2D eigenvalue weighted by atomic mass is 9.75. The van der Waals surface area contributed by atoms with Crippen molar-refractivity contribution in [2.45, 2.75) is 63.8 Å². The molecule has 0 aromatic carbocycles. The summed E-state index contributed by atoms with van der Waals surface area (Å²) in [6.07, 6.45) is 13.2. The Kier molecular flexibility index (Phi) is 2.76. The number of fused-ring (bicyclic) bond motifs is 2. The van der Waals surface area contributed by atoms with Crippen LogP contribution in [0.4, 0.5) is 0 Å². The van der Waals surface area contributed by atoms with Gasteiger partial charge in [0.2, 0.25) is 0 Å². The van der Waals surface area contributed by atoms with E-state index in [9.17, 15) is 0 Å². The summed E-state index contributed by atoms with van der Waals surface area (Å²) in [5.74, 6) is 4.16. The molecule has 3 fully saturated rings. The third-order valence-corrected chi connectivity index (χ3v) is 5.46. The Hall–Kier alpha value is -0.0400. The zero-order valence-corrected chi connectivity index (χ0v) is 9.83. The first kappa shape index (κ1) is 10.1. The normalized spacial score (nSPS) is 49.8. The molecule has 86 valence electrons. The maximum absolute atomic E-state index is 6.26. The number of hydrogen-bond acceptors (Lipinski definition) is 1. The quantitative estimate of drug-likeness (QED) is 0.738. The molecular weight excluding hydrogens is 182 g/mol. The highest BCUT2D eigenvalue weighted by atomic mass is 14.7. The topological polar surface area (TPSA) is 26.0 Å². The van der Waals surface area contributed by atoms with Crippen LogP contribution in [0.1, 0.15) is 57.8 Å². The van der Waals surface area contributed by atoms with E-state index in [-0.39, 0.29) is 0 Å². The highest BCUT2D eigenvalue weighted by Gasteiger charge is 2.40. The maximum Gasteiger partial charge on any atom is 0.00672 e. The van der Waals surface area contributed by atoms with Crippen LogP contribution in [0, 0.1) is 23.7 Å². The van der Waals surface area contributed by atoms with E-state index in [4.69, 9.17) is 5.73 Å². The third kappa shape index (κ3) is 1.95. The van der Waals surface area contributed by atoms with Crippen molar-refractivity contribution in [2.24, 2.45) is 29.4 Å². The molecule has 0 aromatic heterocycles. The lowest BCUT2D eigenvalue weighted by Crippen LogP contribution is -2.34. The summed E-state index contributed by atoms with van der Waals surface area (Å²) in [5.41, 5.74) is 6.26. The summed E-state index contributed by atoms with van der Waals surface area (Å²) < 4.78 is 0. The molecule has 1 nitrogen and oxygen atoms in total. The van der Waals surface area contributed by atoms with Crippen molar-refractivity contribution in [1.82, 2.24) is 0 Å². The van der Waals surface area contributed by atoms with Gasteiger partial charge in [0.15, 0.2) is 0 Å². The van der Waals surface area contributed by atoms with Gasteiger partial charge in [-0.25, -0.2) is 0 Å². The molecule has 2 bridgehead atoms. The summed E-state index contributed by atoms with van der Waals surface area (Å²) in [5, 5.41) is 0. The van der Waals surface area contributed by atoms with Crippen molar-refractivity contribution in [3.63, 3.8) is 0 Å². The Bertz CT molecular complexity index is 225. The van der Waals surface area contributed by atoms with E-state index in [0.717, 1.165) is 23.7 Å². The van der Waals surface area contributed by atoms with Crippen molar-refractivity contribution in [1.29, 1.82) is 0 Å². The van der Waals surface area contributed by atoms with Gasteiger partial charge >= 0.3 is 0 Å². The zero-order valence-electron chi connectivity index (χ0n) is 9.83. The van der Waals surface area contributed by atoms with Gasteiger partial charge in [0.1, 0.15) is 0 Å². The van der Waals surface area contributed by atoms with Crippen molar-refractivity contribution in [3.8, 4) is 0 Å². The van der Waals surface area contributed by atoms with Crippen LogP contribution in [-0.4, -0.2) is 6.04 Å². The van der Waals surface area contributed by atoms with E-state index < -0.39 is 0 Å². The predicted molar refractivity (Wildman–Crippen MR) is 63.5 cm³/mol. The van der Waals surface area contributed by atoms with Crippen LogP contribution in [0.3, 0.4) is 0 Å². The molecule has 3 rings (SSSR count). The van der Waals surface area contributed by atoms with Crippen LogP contribution in [0.25, 0.3) is 0 Å². The summed E-state index contributed by atoms with van der Waals surface area (Å²) in [6, 6.07) is 0.540. The van der Waals surface area contributed by atoms with Gasteiger partial charge in [-0.2, -0.15) is 0 Å². The van der Waals surface area contributed by atoms with Gasteiger partial charge in [-0.05, 0) is 62.2 Å². The summed E-state index contributed by atoms with van der Waals surface area (Å²) >= 11 is 0. The summed E-state index contributed by atoms with van der Waals surface area (Å²) in [6.45, 7) is 0. The molecular formula is C14H25N. The minimum Gasteiger partial charge on any atom is -0.327 e. The number of hydrogen-bond donors (Lipinski definition) is 1. The first-order chi connectivity index (χ1) is 7.33. The maximum atomic E-state index is 6.26. The molecule has 0 amide bonds. The second kappa shape index (κ2) is 4.08. The molecule has 0 saturated heterocycles. The fourth-order valence-corrected chi connectivity index (χ4v) is 4.58. The average molecular weight is 207 g/mol. The van der Waals surface area contributed by atoms with Gasteiger partial charge in [0, 0.05) is 6.04 Å². The molecule has 15 heavy (non-hydrogen) atoms. The van der Waals surface area contributed by atoms with E-state index in [0.29, 0.717) is 6.04 Å². The van der Waals surface area contributed by atoms with E-state index in [1.54, 1.807) is 12.8 Å². The van der Waals surface area contributed by atoms with E-state index in [1.165, 1.54) is 44.9 Å². The molecule has 3 aliphatic carbocycles. The molecule has 1 heteroatoms. The highest BCUT2D eigenvalue weighted by Crippen LogP contribution is 2.51. The lowest BCUT2D eigenvalue weighted by Gasteiger charge is -2.33. The Morgan fingerprint density at radius 1 is 0.867 bits per heavy atom. The van der Waals surface area contributed by atoms with Crippen LogP contribution in [0.5, 0.6) is 0 Å². The summed E-state index contributed by atoms with van der Waals surface area (Å²) in [4.78, 5) is 0. The minimum absolute atomic E-state index is 0.540. The molecule has 0 radical (unpaired) electrons. The predicted octanol–water partition coefficient (Wildman–Crippen LogP) is 3.33. The van der Waals surface area contributed by atoms with Crippen LogP contribution in [0.15, 0.2) is 0 Å². The summed E-state index contributed by atoms with van der Waals surface area (Å²) in [7, 11) is 0. The molecule has 0 heterocycles. The molecule has 3 aliphatic rings.